The van der Waals surface area contributed by atoms with Gasteiger partial charge in [-0.2, -0.15) is 0 Å². The maximum atomic E-state index is 13.2. The van der Waals surface area contributed by atoms with Crippen LogP contribution in [-0.4, -0.2) is 18.2 Å². The Morgan fingerprint density at radius 1 is 1.12 bits per heavy atom. The molecule has 5 heteroatoms. The van der Waals surface area contributed by atoms with Gasteiger partial charge in [-0.1, -0.05) is 12.1 Å². The number of hydrogen-bond donors (Lipinski definition) is 1. The molecule has 0 spiro atoms. The van der Waals surface area contributed by atoms with E-state index in [9.17, 15) is 9.18 Å². The molecule has 4 nitrogen and oxygen atoms in total. The van der Waals surface area contributed by atoms with E-state index in [0.717, 1.165) is 25.1 Å². The predicted molar refractivity (Wildman–Crippen MR) is 102 cm³/mol. The number of nitrogens with zero attached hydrogens (tertiary/aromatic N) is 1. The topological polar surface area (TPSA) is 41.6 Å². The molecule has 3 rings (SSSR count). The van der Waals surface area contributed by atoms with E-state index in [1.54, 1.807) is 0 Å². The Balaban J connectivity index is 1.69. The highest BCUT2D eigenvalue weighted by molar-refractivity contribution is 5.84. The molecule has 0 saturated carbocycles. The van der Waals surface area contributed by atoms with Crippen molar-refractivity contribution in [3.63, 3.8) is 0 Å². The molecule has 1 fully saturated rings. The van der Waals surface area contributed by atoms with Crippen molar-refractivity contribution < 1.29 is 13.9 Å². The van der Waals surface area contributed by atoms with Gasteiger partial charge in [0.05, 0.1) is 6.04 Å². The molecule has 1 aliphatic heterocycles. The van der Waals surface area contributed by atoms with Crippen LogP contribution >= 0.6 is 0 Å². The highest BCUT2D eigenvalue weighted by Crippen LogP contribution is 2.36. The summed E-state index contributed by atoms with van der Waals surface area (Å²) in [5.74, 6) is -0.220. The first-order valence-electron chi connectivity index (χ1n) is 8.94. The summed E-state index contributed by atoms with van der Waals surface area (Å²) in [4.78, 5) is 14.2. The fourth-order valence-corrected chi connectivity index (χ4v) is 3.26. The number of carbonyl (C=O) groups excluding carboxylic acids is 1. The Hall–Kier alpha value is -2.56. The minimum atomic E-state index is -0.524. The van der Waals surface area contributed by atoms with Gasteiger partial charge < -0.3 is 9.64 Å². The first-order valence-corrected chi connectivity index (χ1v) is 8.94. The zero-order valence-corrected chi connectivity index (χ0v) is 15.5. The molecule has 0 aliphatic carbocycles. The summed E-state index contributed by atoms with van der Waals surface area (Å²) in [6.45, 7) is 6.45. The van der Waals surface area contributed by atoms with Crippen molar-refractivity contribution in [3.05, 3.63) is 59.9 Å². The molecule has 138 valence electrons. The van der Waals surface area contributed by atoms with Gasteiger partial charge in [-0.25, -0.2) is 9.18 Å². The lowest BCUT2D eigenvalue weighted by atomic mass is 10.0. The van der Waals surface area contributed by atoms with Crippen molar-refractivity contribution in [2.45, 2.75) is 45.3 Å². The van der Waals surface area contributed by atoms with Gasteiger partial charge in [-0.3, -0.25) is 5.32 Å². The molecule has 1 saturated heterocycles. The normalized spacial score (nSPS) is 17.2. The third-order valence-corrected chi connectivity index (χ3v) is 4.35. The molecular weight excluding hydrogens is 331 g/mol. The maximum absolute atomic E-state index is 13.2. The maximum Gasteiger partial charge on any atom is 0.412 e. The van der Waals surface area contributed by atoms with Gasteiger partial charge >= 0.3 is 6.09 Å². The van der Waals surface area contributed by atoms with Crippen LogP contribution in [-0.2, 0) is 4.74 Å². The fraction of sp³-hybridized carbons (Fsp3) is 0.381. The average molecular weight is 356 g/mol. The molecular formula is C21H25FN2O2. The van der Waals surface area contributed by atoms with Gasteiger partial charge in [0.25, 0.3) is 0 Å². The molecule has 0 radical (unpaired) electrons. The first-order chi connectivity index (χ1) is 12.3. The standard InChI is InChI=1S/C21H25FN2O2/c1-21(2,3)26-20(25)23-17-10-6-15(7-11-17)19-5-4-14-24(19)18-12-8-16(22)9-13-18/h6-13,19H,4-5,14H2,1-3H3,(H,23,25). The Morgan fingerprint density at radius 2 is 1.77 bits per heavy atom. The molecule has 2 aromatic carbocycles. The summed E-state index contributed by atoms with van der Waals surface area (Å²) in [6, 6.07) is 14.7. The Kier molecular flexibility index (Phi) is 5.16. The molecule has 1 N–H and O–H groups in total. The van der Waals surface area contributed by atoms with Crippen LogP contribution in [0.3, 0.4) is 0 Å². The summed E-state index contributed by atoms with van der Waals surface area (Å²) in [7, 11) is 0. The Bertz CT molecular complexity index is 751. The number of halogens is 1. The van der Waals surface area contributed by atoms with Crippen LogP contribution in [0.4, 0.5) is 20.6 Å². The van der Waals surface area contributed by atoms with Crippen molar-refractivity contribution in [3.8, 4) is 0 Å². The monoisotopic (exact) mass is 356 g/mol. The molecule has 1 unspecified atom stereocenters. The van der Waals surface area contributed by atoms with E-state index < -0.39 is 11.7 Å². The van der Waals surface area contributed by atoms with Crippen LogP contribution in [0.1, 0.15) is 45.2 Å². The Morgan fingerprint density at radius 3 is 2.38 bits per heavy atom. The first kappa shape index (κ1) is 18.2. The number of amides is 1. The highest BCUT2D eigenvalue weighted by atomic mass is 19.1. The van der Waals surface area contributed by atoms with Crippen molar-refractivity contribution in [2.75, 3.05) is 16.8 Å². The van der Waals surface area contributed by atoms with E-state index in [2.05, 4.69) is 10.2 Å². The van der Waals surface area contributed by atoms with Crippen molar-refractivity contribution in [1.29, 1.82) is 0 Å². The van der Waals surface area contributed by atoms with E-state index in [-0.39, 0.29) is 11.9 Å². The van der Waals surface area contributed by atoms with Gasteiger partial charge in [-0.05, 0) is 75.6 Å². The van der Waals surface area contributed by atoms with Gasteiger partial charge in [0.1, 0.15) is 11.4 Å². The van der Waals surface area contributed by atoms with E-state index in [0.29, 0.717) is 5.69 Å². The molecule has 0 bridgehead atoms. The van der Waals surface area contributed by atoms with E-state index in [1.165, 1.54) is 17.7 Å². The predicted octanol–water partition coefficient (Wildman–Crippen LogP) is 5.51. The van der Waals surface area contributed by atoms with Crippen molar-refractivity contribution in [1.82, 2.24) is 0 Å². The van der Waals surface area contributed by atoms with Gasteiger partial charge in [0, 0.05) is 17.9 Å². The number of ether oxygens (including phenoxy) is 1. The van der Waals surface area contributed by atoms with Crippen molar-refractivity contribution >= 4 is 17.5 Å². The van der Waals surface area contributed by atoms with Crippen molar-refractivity contribution in [2.24, 2.45) is 0 Å². The number of hydrogen-bond acceptors (Lipinski definition) is 3. The molecule has 2 aromatic rings. The summed E-state index contributed by atoms with van der Waals surface area (Å²) in [5.41, 5.74) is 2.39. The van der Waals surface area contributed by atoms with E-state index in [1.807, 2.05) is 57.2 Å². The third-order valence-electron chi connectivity index (χ3n) is 4.35. The number of rotatable bonds is 3. The number of carbonyl (C=O) groups is 1. The second-order valence-electron chi connectivity index (χ2n) is 7.58. The second-order valence-corrected chi connectivity index (χ2v) is 7.58. The lowest BCUT2D eigenvalue weighted by Crippen LogP contribution is -2.27. The molecule has 26 heavy (non-hydrogen) atoms. The lowest BCUT2D eigenvalue weighted by molar-refractivity contribution is 0.0636. The van der Waals surface area contributed by atoms with Crippen LogP contribution < -0.4 is 10.2 Å². The molecule has 1 atom stereocenters. The second kappa shape index (κ2) is 7.36. The number of anilines is 2. The largest absolute Gasteiger partial charge is 0.444 e. The SMILES string of the molecule is CC(C)(C)OC(=O)Nc1ccc(C2CCCN2c2ccc(F)cc2)cc1. The summed E-state index contributed by atoms with van der Waals surface area (Å²) < 4.78 is 18.4. The summed E-state index contributed by atoms with van der Waals surface area (Å²) >= 11 is 0. The van der Waals surface area contributed by atoms with Gasteiger partial charge in [-0.15, -0.1) is 0 Å². The highest BCUT2D eigenvalue weighted by Gasteiger charge is 2.26. The van der Waals surface area contributed by atoms with Crippen LogP contribution in [0.5, 0.6) is 0 Å². The smallest absolute Gasteiger partial charge is 0.412 e. The zero-order valence-electron chi connectivity index (χ0n) is 15.5. The fourth-order valence-electron chi connectivity index (χ4n) is 3.26. The number of benzene rings is 2. The van der Waals surface area contributed by atoms with Gasteiger partial charge in [0.2, 0.25) is 0 Å². The quantitative estimate of drug-likeness (QED) is 0.788. The minimum Gasteiger partial charge on any atom is -0.444 e. The summed E-state index contributed by atoms with van der Waals surface area (Å²) in [5, 5.41) is 2.75. The lowest BCUT2D eigenvalue weighted by Gasteiger charge is -2.27. The Labute approximate surface area is 154 Å². The zero-order chi connectivity index (χ0) is 18.7. The van der Waals surface area contributed by atoms with Crippen LogP contribution in [0.2, 0.25) is 0 Å². The third kappa shape index (κ3) is 4.54. The van der Waals surface area contributed by atoms with Crippen LogP contribution in [0, 0.1) is 5.82 Å². The van der Waals surface area contributed by atoms with E-state index in [4.69, 9.17) is 4.74 Å². The molecule has 1 aliphatic rings. The molecule has 1 heterocycles. The molecule has 1 amide bonds. The molecule has 0 aromatic heterocycles. The van der Waals surface area contributed by atoms with Crippen LogP contribution in [0.15, 0.2) is 48.5 Å². The average Bonchev–Trinajstić information content (AvgIpc) is 3.04. The minimum absolute atomic E-state index is 0.220. The summed E-state index contributed by atoms with van der Waals surface area (Å²) in [6.07, 6.45) is 1.69. The van der Waals surface area contributed by atoms with E-state index >= 15 is 0 Å². The van der Waals surface area contributed by atoms with Gasteiger partial charge in [0.15, 0.2) is 0 Å². The van der Waals surface area contributed by atoms with Crippen LogP contribution in [0.25, 0.3) is 0 Å². The number of nitrogens with one attached hydrogen (secondary N) is 1.